The third kappa shape index (κ3) is 1.43. The van der Waals surface area contributed by atoms with E-state index in [1.807, 2.05) is 25.1 Å². The van der Waals surface area contributed by atoms with Crippen molar-refractivity contribution in [2.45, 2.75) is 19.8 Å². The van der Waals surface area contributed by atoms with E-state index in [1.165, 1.54) is 5.56 Å². The van der Waals surface area contributed by atoms with E-state index in [2.05, 4.69) is 0 Å². The fourth-order valence-corrected chi connectivity index (χ4v) is 1.76. The molecule has 0 saturated carbocycles. The van der Waals surface area contributed by atoms with E-state index in [4.69, 9.17) is 4.42 Å². The summed E-state index contributed by atoms with van der Waals surface area (Å²) in [7, 11) is 0. The van der Waals surface area contributed by atoms with Gasteiger partial charge in [-0.15, -0.1) is 0 Å². The van der Waals surface area contributed by atoms with Gasteiger partial charge in [0.1, 0.15) is 11.9 Å². The number of hydrogen-bond donors (Lipinski definition) is 0. The van der Waals surface area contributed by atoms with E-state index in [-0.39, 0.29) is 0 Å². The molecule has 2 rings (SSSR count). The van der Waals surface area contributed by atoms with Crippen molar-refractivity contribution >= 4 is 17.3 Å². The molecule has 0 aliphatic carbocycles. The van der Waals surface area contributed by atoms with Crippen molar-refractivity contribution in [2.24, 2.45) is 0 Å². The van der Waals surface area contributed by atoms with Gasteiger partial charge in [-0.3, -0.25) is 0 Å². The summed E-state index contributed by atoms with van der Waals surface area (Å²) < 4.78 is 5.38. The van der Waals surface area contributed by atoms with Crippen molar-refractivity contribution in [1.82, 2.24) is 0 Å². The van der Waals surface area contributed by atoms with E-state index in [1.54, 1.807) is 6.26 Å². The van der Waals surface area contributed by atoms with Gasteiger partial charge in [0.2, 0.25) is 0 Å². The normalized spacial score (nSPS) is 10.6. The van der Waals surface area contributed by atoms with Crippen molar-refractivity contribution in [3.05, 3.63) is 35.6 Å². The number of benzene rings is 1. The van der Waals surface area contributed by atoms with Gasteiger partial charge in [-0.25, -0.2) is 0 Å². The number of rotatable bonds is 3. The van der Waals surface area contributed by atoms with Crippen molar-refractivity contribution in [3.63, 3.8) is 0 Å². The molecule has 0 aliphatic heterocycles. The molecule has 1 aromatic heterocycles. The minimum absolute atomic E-state index is 0.573. The molecule has 0 radical (unpaired) electrons. The maximum absolute atomic E-state index is 10.3. The summed E-state index contributed by atoms with van der Waals surface area (Å²) in [5.41, 5.74) is 3.24. The molecule has 0 fully saturated rings. The third-order valence-corrected chi connectivity index (χ3v) is 2.40. The molecule has 1 heterocycles. The van der Waals surface area contributed by atoms with Gasteiger partial charge >= 0.3 is 0 Å². The molecule has 0 atom stereocenters. The van der Waals surface area contributed by atoms with Gasteiger partial charge in [-0.2, -0.15) is 0 Å². The molecular weight excluding hydrogens is 176 g/mol. The van der Waals surface area contributed by atoms with Crippen LogP contribution in [0.4, 0.5) is 0 Å². The SMILES string of the molecule is Cc1coc2cccc(CCC=O)c12. The van der Waals surface area contributed by atoms with Gasteiger partial charge in [-0.05, 0) is 30.5 Å². The Balaban J connectivity index is 2.51. The molecular formula is C12H12O2. The first-order valence-corrected chi connectivity index (χ1v) is 4.72. The summed E-state index contributed by atoms with van der Waals surface area (Å²) in [4.78, 5) is 10.3. The predicted molar refractivity (Wildman–Crippen MR) is 55.3 cm³/mol. The summed E-state index contributed by atoms with van der Waals surface area (Å²) >= 11 is 0. The van der Waals surface area contributed by atoms with Crippen LogP contribution in [0.25, 0.3) is 11.0 Å². The van der Waals surface area contributed by atoms with Crippen molar-refractivity contribution in [3.8, 4) is 0 Å². The molecule has 0 unspecified atom stereocenters. The van der Waals surface area contributed by atoms with Gasteiger partial charge < -0.3 is 9.21 Å². The smallest absolute Gasteiger partial charge is 0.134 e. The van der Waals surface area contributed by atoms with Gasteiger partial charge in [-0.1, -0.05) is 12.1 Å². The first kappa shape index (κ1) is 9.00. The Morgan fingerprint density at radius 3 is 3.07 bits per heavy atom. The third-order valence-electron chi connectivity index (χ3n) is 2.40. The van der Waals surface area contributed by atoms with Crippen LogP contribution in [0.5, 0.6) is 0 Å². The number of hydrogen-bond acceptors (Lipinski definition) is 2. The molecule has 0 spiro atoms. The Bertz CT molecular complexity index is 454. The maximum atomic E-state index is 10.3. The first-order valence-electron chi connectivity index (χ1n) is 4.72. The lowest BCUT2D eigenvalue weighted by Gasteiger charge is -2.00. The Morgan fingerprint density at radius 1 is 1.43 bits per heavy atom. The maximum Gasteiger partial charge on any atom is 0.134 e. The zero-order chi connectivity index (χ0) is 9.97. The number of aryl methyl sites for hydroxylation is 2. The van der Waals surface area contributed by atoms with Crippen LogP contribution in [0.3, 0.4) is 0 Å². The lowest BCUT2D eigenvalue weighted by molar-refractivity contribution is -0.107. The predicted octanol–water partition coefficient (Wildman–Crippen LogP) is 2.87. The highest BCUT2D eigenvalue weighted by molar-refractivity contribution is 5.84. The van der Waals surface area contributed by atoms with E-state index >= 15 is 0 Å². The number of fused-ring (bicyclic) bond motifs is 1. The minimum Gasteiger partial charge on any atom is -0.464 e. The molecule has 0 saturated heterocycles. The zero-order valence-corrected chi connectivity index (χ0v) is 8.12. The van der Waals surface area contributed by atoms with E-state index in [9.17, 15) is 4.79 Å². The summed E-state index contributed by atoms with van der Waals surface area (Å²) in [6, 6.07) is 5.96. The summed E-state index contributed by atoms with van der Waals surface area (Å²) in [6.07, 6.45) is 4.08. The molecule has 0 N–H and O–H groups in total. The van der Waals surface area contributed by atoms with Crippen LogP contribution in [0.1, 0.15) is 17.5 Å². The van der Waals surface area contributed by atoms with Gasteiger partial charge in [0.25, 0.3) is 0 Å². The minimum atomic E-state index is 0.573. The van der Waals surface area contributed by atoms with Crippen LogP contribution in [0.15, 0.2) is 28.9 Å². The molecule has 0 aliphatic rings. The van der Waals surface area contributed by atoms with Crippen LogP contribution in [-0.2, 0) is 11.2 Å². The molecule has 2 aromatic rings. The number of carbonyl (C=O) groups is 1. The van der Waals surface area contributed by atoms with Crippen molar-refractivity contribution < 1.29 is 9.21 Å². The summed E-state index contributed by atoms with van der Waals surface area (Å²) in [5, 5.41) is 1.16. The Hall–Kier alpha value is -1.57. The van der Waals surface area contributed by atoms with E-state index in [0.717, 1.165) is 29.2 Å². The molecule has 72 valence electrons. The average molecular weight is 188 g/mol. The van der Waals surface area contributed by atoms with E-state index < -0.39 is 0 Å². The zero-order valence-electron chi connectivity index (χ0n) is 8.12. The summed E-state index contributed by atoms with van der Waals surface area (Å²) in [6.45, 7) is 2.02. The molecule has 2 nitrogen and oxygen atoms in total. The lowest BCUT2D eigenvalue weighted by atomic mass is 10.0. The van der Waals surface area contributed by atoms with Crippen molar-refractivity contribution in [1.29, 1.82) is 0 Å². The monoisotopic (exact) mass is 188 g/mol. The number of carbonyl (C=O) groups excluding carboxylic acids is 1. The number of furan rings is 1. The Labute approximate surface area is 82.5 Å². The van der Waals surface area contributed by atoms with E-state index in [0.29, 0.717) is 6.42 Å². The first-order chi connectivity index (χ1) is 6.83. The topological polar surface area (TPSA) is 30.2 Å². The van der Waals surface area contributed by atoms with Gasteiger partial charge in [0.05, 0.1) is 6.26 Å². The van der Waals surface area contributed by atoms with Gasteiger partial charge in [0.15, 0.2) is 0 Å². The fraction of sp³-hybridized carbons (Fsp3) is 0.250. The highest BCUT2D eigenvalue weighted by Crippen LogP contribution is 2.24. The Kier molecular flexibility index (Phi) is 2.35. The second kappa shape index (κ2) is 3.66. The molecule has 0 bridgehead atoms. The standard InChI is InChI=1S/C12H12O2/c1-9-8-14-11-6-2-4-10(12(9)11)5-3-7-13/h2,4,6-8H,3,5H2,1H3. The molecule has 14 heavy (non-hydrogen) atoms. The average Bonchev–Trinajstić information content (AvgIpc) is 2.58. The molecule has 1 aromatic carbocycles. The number of aldehydes is 1. The molecule has 2 heteroatoms. The Morgan fingerprint density at radius 2 is 2.29 bits per heavy atom. The van der Waals surface area contributed by atoms with Crippen LogP contribution >= 0.6 is 0 Å². The second-order valence-corrected chi connectivity index (χ2v) is 3.41. The fourth-order valence-electron chi connectivity index (χ4n) is 1.76. The lowest BCUT2D eigenvalue weighted by Crippen LogP contribution is -1.87. The quantitative estimate of drug-likeness (QED) is 0.693. The second-order valence-electron chi connectivity index (χ2n) is 3.41. The van der Waals surface area contributed by atoms with Crippen molar-refractivity contribution in [2.75, 3.05) is 0 Å². The highest BCUT2D eigenvalue weighted by atomic mass is 16.3. The van der Waals surface area contributed by atoms with Crippen LogP contribution in [0, 0.1) is 6.92 Å². The molecule has 0 amide bonds. The van der Waals surface area contributed by atoms with Gasteiger partial charge in [0, 0.05) is 11.8 Å². The highest BCUT2D eigenvalue weighted by Gasteiger charge is 2.06. The van der Waals surface area contributed by atoms with Crippen LogP contribution in [0.2, 0.25) is 0 Å². The summed E-state index contributed by atoms with van der Waals surface area (Å²) in [5.74, 6) is 0. The van der Waals surface area contributed by atoms with Crippen LogP contribution < -0.4 is 0 Å². The largest absolute Gasteiger partial charge is 0.464 e. The van der Waals surface area contributed by atoms with Crippen LogP contribution in [-0.4, -0.2) is 6.29 Å².